The van der Waals surface area contributed by atoms with Gasteiger partial charge in [0, 0.05) is 12.8 Å². The second kappa shape index (κ2) is 76.6. The molecule has 0 amide bonds. The molecule has 0 saturated carbocycles. The zero-order valence-corrected chi connectivity index (χ0v) is 65.3. The summed E-state index contributed by atoms with van der Waals surface area (Å²) >= 11 is 0. The molecule has 562 valence electrons. The summed E-state index contributed by atoms with van der Waals surface area (Å²) in [7, 11) is 1.50. The zero-order chi connectivity index (χ0) is 69.7. The summed E-state index contributed by atoms with van der Waals surface area (Å²) in [6.07, 6.45) is 105. The first-order valence-corrected chi connectivity index (χ1v) is 43.2. The zero-order valence-electron chi connectivity index (χ0n) is 64.4. The van der Waals surface area contributed by atoms with Crippen LogP contribution in [0.5, 0.6) is 0 Å². The molecule has 96 heavy (non-hydrogen) atoms. The molecule has 0 aliphatic carbocycles. The van der Waals surface area contributed by atoms with Crippen LogP contribution >= 0.6 is 7.82 Å². The van der Waals surface area contributed by atoms with Gasteiger partial charge in [-0.15, -0.1) is 0 Å². The number of likely N-dealkylation sites (N-methyl/N-ethyl adjacent to an activating group) is 1. The predicted octanol–water partition coefficient (Wildman–Crippen LogP) is 27.8. The first kappa shape index (κ1) is 93.5. The van der Waals surface area contributed by atoms with E-state index < -0.39 is 26.5 Å². The number of hydrogen-bond donors (Lipinski definition) is 1. The van der Waals surface area contributed by atoms with E-state index in [1.54, 1.807) is 0 Å². The van der Waals surface area contributed by atoms with Crippen LogP contribution in [0.25, 0.3) is 0 Å². The minimum atomic E-state index is -4.40. The molecule has 9 nitrogen and oxygen atoms in total. The van der Waals surface area contributed by atoms with Gasteiger partial charge >= 0.3 is 19.8 Å². The van der Waals surface area contributed by atoms with E-state index in [1.807, 2.05) is 21.1 Å². The van der Waals surface area contributed by atoms with E-state index in [0.29, 0.717) is 23.9 Å². The number of nitrogens with zero attached hydrogens (tertiary/aromatic N) is 1. The lowest BCUT2D eigenvalue weighted by atomic mass is 10.0. The van der Waals surface area contributed by atoms with E-state index in [-0.39, 0.29) is 25.6 Å². The van der Waals surface area contributed by atoms with Crippen LogP contribution in [0.3, 0.4) is 0 Å². The Balaban J connectivity index is 3.90. The van der Waals surface area contributed by atoms with E-state index in [2.05, 4.69) is 86.8 Å². The molecule has 1 N–H and O–H groups in total. The molecule has 0 heterocycles. The molecule has 0 fully saturated rings. The average molecular weight is 1370 g/mol. The molecule has 0 aromatic carbocycles. The number of carbonyl (C=O) groups is 2. The van der Waals surface area contributed by atoms with Gasteiger partial charge in [0.1, 0.15) is 19.8 Å². The number of carbonyl (C=O) groups excluding carboxylic acids is 2. The third-order valence-corrected chi connectivity index (χ3v) is 19.7. The smallest absolute Gasteiger partial charge is 0.462 e. The molecule has 0 saturated heterocycles. The summed E-state index contributed by atoms with van der Waals surface area (Å²) in [5.41, 5.74) is 0. The third kappa shape index (κ3) is 80.4. The Labute approximate surface area is 597 Å². The van der Waals surface area contributed by atoms with E-state index >= 15 is 0 Å². The molecule has 2 unspecified atom stereocenters. The van der Waals surface area contributed by atoms with Crippen LogP contribution in [0.1, 0.15) is 412 Å². The largest absolute Gasteiger partial charge is 0.472 e. The van der Waals surface area contributed by atoms with E-state index in [9.17, 15) is 19.0 Å². The molecule has 10 heteroatoms. The van der Waals surface area contributed by atoms with E-state index in [0.717, 1.165) is 70.6 Å². The van der Waals surface area contributed by atoms with Crippen LogP contribution in [0.4, 0.5) is 0 Å². The van der Waals surface area contributed by atoms with Gasteiger partial charge in [0.2, 0.25) is 0 Å². The Hall–Kier alpha value is -2.55. The van der Waals surface area contributed by atoms with Crippen LogP contribution in [-0.4, -0.2) is 74.9 Å². The number of phosphoric acid groups is 1. The fourth-order valence-corrected chi connectivity index (χ4v) is 13.2. The molecule has 0 aromatic rings. The first-order chi connectivity index (χ1) is 47.0. The van der Waals surface area contributed by atoms with Crippen LogP contribution < -0.4 is 0 Å². The van der Waals surface area contributed by atoms with Crippen molar-refractivity contribution in [2.75, 3.05) is 47.5 Å². The minimum Gasteiger partial charge on any atom is -0.462 e. The summed E-state index contributed by atoms with van der Waals surface area (Å²) in [5.74, 6) is -0.773. The first-order valence-electron chi connectivity index (χ1n) is 41.7. The quantitative estimate of drug-likeness (QED) is 0.0211. The van der Waals surface area contributed by atoms with Crippen molar-refractivity contribution in [3.05, 3.63) is 72.9 Å². The highest BCUT2D eigenvalue weighted by Gasteiger charge is 2.27. The number of ether oxygens (including phenoxy) is 2. The maximum atomic E-state index is 12.9. The van der Waals surface area contributed by atoms with E-state index in [4.69, 9.17) is 18.5 Å². The standard InChI is InChI=1S/C86H160NO8P/c1-6-8-10-12-14-16-18-20-22-24-26-28-30-32-34-36-38-40-41-42-43-44-45-47-49-51-53-55-57-59-61-63-65-67-69-71-73-75-77-79-86(89)95-84(83-94-96(90,91)93-81-80-87(3,4)5)82-92-85(88)78-76-74-72-70-68-66-64-62-60-58-56-54-52-50-48-46-39-37-35-33-31-29-27-25-23-21-19-17-15-13-11-9-7-2/h8,10,14,16,20,22,26,28,32,34,38,40,84H,6-7,9,11-13,15,17-19,21,23-25,27,29-31,33,35-37,39,41-83H2,1-5H3/p+1/b10-8-,16-14-,22-20-,28-26-,34-32-,40-38-. The third-order valence-electron chi connectivity index (χ3n) is 18.8. The van der Waals surface area contributed by atoms with Crippen molar-refractivity contribution in [1.29, 1.82) is 0 Å². The Bertz CT molecular complexity index is 1850. The van der Waals surface area contributed by atoms with Crippen molar-refractivity contribution in [3.8, 4) is 0 Å². The molecule has 2 atom stereocenters. The summed E-state index contributed by atoms with van der Waals surface area (Å²) < 4.78 is 34.9. The van der Waals surface area contributed by atoms with Gasteiger partial charge < -0.3 is 18.9 Å². The molecule has 0 aliphatic heterocycles. The fraction of sp³-hybridized carbons (Fsp3) is 0.837. The lowest BCUT2D eigenvalue weighted by molar-refractivity contribution is -0.870. The molecule has 0 radical (unpaired) electrons. The topological polar surface area (TPSA) is 108 Å². The highest BCUT2D eigenvalue weighted by Crippen LogP contribution is 2.43. The second-order valence-electron chi connectivity index (χ2n) is 29.5. The number of quaternary nitrogens is 1. The Morgan fingerprint density at radius 3 is 0.885 bits per heavy atom. The summed E-state index contributed by atoms with van der Waals surface area (Å²) in [6, 6.07) is 0. The molecule has 0 aliphatic rings. The maximum absolute atomic E-state index is 12.9. The molecule has 0 aromatic heterocycles. The lowest BCUT2D eigenvalue weighted by Gasteiger charge is -2.24. The number of hydrogen-bond acceptors (Lipinski definition) is 7. The van der Waals surface area contributed by atoms with Gasteiger partial charge in [-0.05, 0) is 64.2 Å². The summed E-state index contributed by atoms with van der Waals surface area (Å²) in [6.45, 7) is 4.40. The number of esters is 2. The molecular weight excluding hydrogens is 1210 g/mol. The molecule has 0 bridgehead atoms. The monoisotopic (exact) mass is 1370 g/mol. The van der Waals surface area contributed by atoms with Gasteiger partial charge in [0.15, 0.2) is 6.10 Å². The van der Waals surface area contributed by atoms with Gasteiger partial charge in [-0.1, -0.05) is 408 Å². The Kier molecular flexibility index (Phi) is 74.6. The van der Waals surface area contributed by atoms with Gasteiger partial charge in [0.05, 0.1) is 27.7 Å². The summed E-state index contributed by atoms with van der Waals surface area (Å²) in [5, 5.41) is 0. The van der Waals surface area contributed by atoms with Crippen molar-refractivity contribution in [2.24, 2.45) is 0 Å². The van der Waals surface area contributed by atoms with Crippen LogP contribution in [0, 0.1) is 0 Å². The number of phosphoric ester groups is 1. The van der Waals surface area contributed by atoms with Crippen LogP contribution in [0.2, 0.25) is 0 Å². The second-order valence-corrected chi connectivity index (χ2v) is 30.9. The number of allylic oxidation sites excluding steroid dienone is 12. The van der Waals surface area contributed by atoms with Gasteiger partial charge in [-0.2, -0.15) is 0 Å². The van der Waals surface area contributed by atoms with Gasteiger partial charge in [-0.3, -0.25) is 18.6 Å². The maximum Gasteiger partial charge on any atom is 0.472 e. The van der Waals surface area contributed by atoms with E-state index in [1.165, 1.54) is 308 Å². The predicted molar refractivity (Wildman–Crippen MR) is 418 cm³/mol. The summed E-state index contributed by atoms with van der Waals surface area (Å²) in [4.78, 5) is 36.0. The van der Waals surface area contributed by atoms with Crippen LogP contribution in [-0.2, 0) is 32.7 Å². The fourth-order valence-electron chi connectivity index (χ4n) is 12.4. The van der Waals surface area contributed by atoms with Crippen molar-refractivity contribution in [2.45, 2.75) is 418 Å². The van der Waals surface area contributed by atoms with Crippen molar-refractivity contribution < 1.29 is 42.1 Å². The normalized spacial score (nSPS) is 13.4. The molecule has 0 rings (SSSR count). The Morgan fingerprint density at radius 1 is 0.333 bits per heavy atom. The molecular formula is C86H161NO8P+. The van der Waals surface area contributed by atoms with Crippen LogP contribution in [0.15, 0.2) is 72.9 Å². The average Bonchev–Trinajstić information content (AvgIpc) is 1.98. The highest BCUT2D eigenvalue weighted by atomic mass is 31.2. The minimum absolute atomic E-state index is 0.0338. The highest BCUT2D eigenvalue weighted by molar-refractivity contribution is 7.47. The number of unbranched alkanes of at least 4 members (excludes halogenated alkanes) is 52. The van der Waals surface area contributed by atoms with Gasteiger partial charge in [-0.25, -0.2) is 4.57 Å². The molecule has 0 spiro atoms. The number of rotatable bonds is 78. The van der Waals surface area contributed by atoms with Crippen molar-refractivity contribution in [3.63, 3.8) is 0 Å². The van der Waals surface area contributed by atoms with Crippen molar-refractivity contribution in [1.82, 2.24) is 0 Å². The SMILES string of the molecule is CC/C=C\C/C=C\C/C=C\C/C=C\C/C=C\C/C=C\CCCCCCCCCCCCCCCCCCCCCCC(=O)OC(COC(=O)CCCCCCCCCCCCCCCCCCCCCCCCCCCCCCCCCCC)COP(=O)(O)OCC[N+](C)(C)C. The lowest BCUT2D eigenvalue weighted by Crippen LogP contribution is -2.37. The Morgan fingerprint density at radius 2 is 0.594 bits per heavy atom. The van der Waals surface area contributed by atoms with Gasteiger partial charge in [0.25, 0.3) is 0 Å². The van der Waals surface area contributed by atoms with Crippen molar-refractivity contribution >= 4 is 19.8 Å².